The van der Waals surface area contributed by atoms with Crippen LogP contribution in [0.4, 0.5) is 0 Å². The van der Waals surface area contributed by atoms with E-state index in [9.17, 15) is 9.59 Å². The van der Waals surface area contributed by atoms with Gasteiger partial charge in [0.2, 0.25) is 0 Å². The standard InChI is InChI=1S/C15H19N3O3/c1-9(2)15(3)14(20)17-13(18-15)12-11(7-19)5-10(6-16-12)8-21-4/h5-7,9H,8H2,1-4H3,(H,17,18,20). The van der Waals surface area contributed by atoms with E-state index in [0.717, 1.165) is 5.56 Å². The van der Waals surface area contributed by atoms with Gasteiger partial charge in [-0.1, -0.05) is 13.8 Å². The van der Waals surface area contributed by atoms with E-state index in [-0.39, 0.29) is 11.8 Å². The normalized spacial score (nSPS) is 21.4. The van der Waals surface area contributed by atoms with Crippen LogP contribution >= 0.6 is 0 Å². The highest BCUT2D eigenvalue weighted by Crippen LogP contribution is 2.27. The Morgan fingerprint density at radius 1 is 1.48 bits per heavy atom. The van der Waals surface area contributed by atoms with Crippen molar-refractivity contribution in [3.05, 3.63) is 29.1 Å². The molecule has 1 aliphatic rings. The number of ether oxygens (including phenoxy) is 1. The van der Waals surface area contributed by atoms with Gasteiger partial charge in [-0.2, -0.15) is 0 Å². The topological polar surface area (TPSA) is 80.7 Å². The molecular weight excluding hydrogens is 270 g/mol. The van der Waals surface area contributed by atoms with Gasteiger partial charge in [-0.25, -0.2) is 4.99 Å². The molecular formula is C15H19N3O3. The molecule has 1 amide bonds. The van der Waals surface area contributed by atoms with Crippen molar-refractivity contribution < 1.29 is 14.3 Å². The zero-order chi connectivity index (χ0) is 15.6. The number of methoxy groups -OCH3 is 1. The number of hydrogen-bond donors (Lipinski definition) is 1. The van der Waals surface area contributed by atoms with E-state index in [2.05, 4.69) is 15.3 Å². The van der Waals surface area contributed by atoms with E-state index in [1.807, 2.05) is 13.8 Å². The Hall–Kier alpha value is -2.08. The fraction of sp³-hybridized carbons (Fsp3) is 0.467. The molecule has 1 aromatic heterocycles. The number of amides is 1. The van der Waals surface area contributed by atoms with Crippen LogP contribution in [0.15, 0.2) is 17.3 Å². The third kappa shape index (κ3) is 2.71. The van der Waals surface area contributed by atoms with Crippen molar-refractivity contribution in [2.24, 2.45) is 10.9 Å². The number of amidine groups is 1. The predicted molar refractivity (Wildman–Crippen MR) is 78.3 cm³/mol. The smallest absolute Gasteiger partial charge is 0.253 e. The Labute approximate surface area is 123 Å². The highest BCUT2D eigenvalue weighted by molar-refractivity contribution is 6.16. The molecule has 1 atom stereocenters. The van der Waals surface area contributed by atoms with Crippen LogP contribution in [0.25, 0.3) is 0 Å². The van der Waals surface area contributed by atoms with Crippen molar-refractivity contribution in [1.29, 1.82) is 0 Å². The summed E-state index contributed by atoms with van der Waals surface area (Å²) in [6.07, 6.45) is 2.33. The molecule has 6 heteroatoms. The van der Waals surface area contributed by atoms with Gasteiger partial charge in [-0.05, 0) is 24.5 Å². The minimum atomic E-state index is -0.831. The monoisotopic (exact) mass is 289 g/mol. The highest BCUT2D eigenvalue weighted by Gasteiger charge is 2.42. The van der Waals surface area contributed by atoms with Crippen LogP contribution in [0.1, 0.15) is 42.4 Å². The summed E-state index contributed by atoms with van der Waals surface area (Å²) in [5.41, 5.74) is 0.738. The van der Waals surface area contributed by atoms with E-state index in [4.69, 9.17) is 4.74 Å². The number of nitrogens with one attached hydrogen (secondary N) is 1. The lowest BCUT2D eigenvalue weighted by molar-refractivity contribution is -0.124. The predicted octanol–water partition coefficient (Wildman–Crippen LogP) is 1.33. The molecule has 0 fully saturated rings. The molecule has 21 heavy (non-hydrogen) atoms. The Kier molecular flexibility index (Phi) is 4.18. The van der Waals surface area contributed by atoms with Gasteiger partial charge >= 0.3 is 0 Å². The van der Waals surface area contributed by atoms with E-state index in [0.29, 0.717) is 30.0 Å². The second-order valence-electron chi connectivity index (χ2n) is 5.55. The van der Waals surface area contributed by atoms with Gasteiger partial charge in [-0.15, -0.1) is 0 Å². The Bertz CT molecular complexity index is 610. The van der Waals surface area contributed by atoms with E-state index >= 15 is 0 Å². The average Bonchev–Trinajstić information content (AvgIpc) is 2.76. The summed E-state index contributed by atoms with van der Waals surface area (Å²) in [5.74, 6) is 0.219. The second kappa shape index (κ2) is 5.73. The van der Waals surface area contributed by atoms with Crippen molar-refractivity contribution >= 4 is 18.0 Å². The zero-order valence-electron chi connectivity index (χ0n) is 12.6. The lowest BCUT2D eigenvalue weighted by atomic mass is 9.89. The molecule has 0 spiro atoms. The fourth-order valence-corrected chi connectivity index (χ4v) is 2.11. The quantitative estimate of drug-likeness (QED) is 0.829. The van der Waals surface area contributed by atoms with Crippen molar-refractivity contribution in [3.63, 3.8) is 0 Å². The molecule has 0 aliphatic carbocycles. The Morgan fingerprint density at radius 3 is 2.71 bits per heavy atom. The maximum Gasteiger partial charge on any atom is 0.253 e. The molecule has 2 heterocycles. The van der Waals surface area contributed by atoms with Crippen LogP contribution in [0.2, 0.25) is 0 Å². The summed E-state index contributed by atoms with van der Waals surface area (Å²) in [6.45, 7) is 6.01. The number of pyridine rings is 1. The number of aromatic nitrogens is 1. The van der Waals surface area contributed by atoms with Crippen LogP contribution in [-0.4, -0.2) is 35.7 Å². The molecule has 0 saturated heterocycles. The number of hydrogen-bond acceptors (Lipinski definition) is 5. The summed E-state index contributed by atoms with van der Waals surface area (Å²) in [6, 6.07) is 1.69. The molecule has 0 saturated carbocycles. The number of carbonyl (C=O) groups excluding carboxylic acids is 2. The summed E-state index contributed by atoms with van der Waals surface area (Å²) < 4.78 is 5.02. The number of aldehydes is 1. The Morgan fingerprint density at radius 2 is 2.19 bits per heavy atom. The SMILES string of the molecule is COCc1cnc(C2=NC(C)(C(C)C)C(=O)N2)c(C=O)c1. The van der Waals surface area contributed by atoms with Crippen LogP contribution in [0, 0.1) is 5.92 Å². The molecule has 6 nitrogen and oxygen atoms in total. The van der Waals surface area contributed by atoms with Crippen molar-refractivity contribution in [2.45, 2.75) is 32.9 Å². The maximum absolute atomic E-state index is 12.1. The van der Waals surface area contributed by atoms with Crippen molar-refractivity contribution in [1.82, 2.24) is 10.3 Å². The molecule has 0 radical (unpaired) electrons. The first-order valence-corrected chi connectivity index (χ1v) is 6.77. The van der Waals surface area contributed by atoms with Gasteiger partial charge in [-0.3, -0.25) is 14.6 Å². The first-order chi connectivity index (χ1) is 9.92. The van der Waals surface area contributed by atoms with Crippen molar-refractivity contribution in [3.8, 4) is 0 Å². The molecule has 1 aliphatic heterocycles. The fourth-order valence-electron chi connectivity index (χ4n) is 2.11. The maximum atomic E-state index is 12.1. The lowest BCUT2D eigenvalue weighted by Gasteiger charge is -2.21. The molecule has 1 aromatic rings. The van der Waals surface area contributed by atoms with Crippen LogP contribution in [0.3, 0.4) is 0 Å². The van der Waals surface area contributed by atoms with Gasteiger partial charge in [0, 0.05) is 18.9 Å². The lowest BCUT2D eigenvalue weighted by Crippen LogP contribution is -2.41. The number of aliphatic imine (C=N–C) groups is 1. The van der Waals surface area contributed by atoms with Crippen LogP contribution < -0.4 is 5.32 Å². The van der Waals surface area contributed by atoms with Crippen LogP contribution in [0.5, 0.6) is 0 Å². The third-order valence-corrected chi connectivity index (χ3v) is 3.80. The second-order valence-corrected chi connectivity index (χ2v) is 5.55. The molecule has 112 valence electrons. The van der Waals surface area contributed by atoms with Gasteiger partial charge in [0.05, 0.1) is 6.61 Å². The molecule has 0 aromatic carbocycles. The Balaban J connectivity index is 2.43. The molecule has 2 rings (SSSR count). The summed E-state index contributed by atoms with van der Waals surface area (Å²) in [7, 11) is 1.57. The zero-order valence-corrected chi connectivity index (χ0v) is 12.6. The number of rotatable bonds is 5. The number of carbonyl (C=O) groups is 2. The summed E-state index contributed by atoms with van der Waals surface area (Å²) in [5, 5.41) is 2.73. The largest absolute Gasteiger partial charge is 0.380 e. The molecule has 1 unspecified atom stereocenters. The van der Waals surface area contributed by atoms with Crippen molar-refractivity contribution in [2.75, 3.05) is 7.11 Å². The third-order valence-electron chi connectivity index (χ3n) is 3.80. The van der Waals surface area contributed by atoms with Gasteiger partial charge < -0.3 is 10.1 Å². The first kappa shape index (κ1) is 15.3. The van der Waals surface area contributed by atoms with Gasteiger partial charge in [0.15, 0.2) is 12.1 Å². The summed E-state index contributed by atoms with van der Waals surface area (Å²) >= 11 is 0. The highest BCUT2D eigenvalue weighted by atomic mass is 16.5. The molecule has 0 bridgehead atoms. The molecule has 1 N–H and O–H groups in total. The van der Waals surface area contributed by atoms with E-state index in [1.165, 1.54) is 0 Å². The van der Waals surface area contributed by atoms with Gasteiger partial charge in [0.25, 0.3) is 5.91 Å². The van der Waals surface area contributed by atoms with E-state index < -0.39 is 5.54 Å². The van der Waals surface area contributed by atoms with Crippen LogP contribution in [-0.2, 0) is 16.1 Å². The number of nitrogens with zero attached hydrogens (tertiary/aromatic N) is 2. The van der Waals surface area contributed by atoms with E-state index in [1.54, 1.807) is 26.3 Å². The first-order valence-electron chi connectivity index (χ1n) is 6.77. The summed E-state index contributed by atoms with van der Waals surface area (Å²) in [4.78, 5) is 32.1. The average molecular weight is 289 g/mol. The minimum Gasteiger partial charge on any atom is -0.380 e. The van der Waals surface area contributed by atoms with Gasteiger partial charge in [0.1, 0.15) is 11.2 Å². The minimum absolute atomic E-state index is 0.0439.